The summed E-state index contributed by atoms with van der Waals surface area (Å²) in [6.45, 7) is 2.04. The van der Waals surface area contributed by atoms with Crippen LogP contribution >= 0.6 is 0 Å². The van der Waals surface area contributed by atoms with Crippen LogP contribution in [0, 0.1) is 6.92 Å². The molecule has 0 aliphatic heterocycles. The van der Waals surface area contributed by atoms with Crippen molar-refractivity contribution >= 4 is 11.5 Å². The molecule has 2 aromatic carbocycles. The van der Waals surface area contributed by atoms with Crippen molar-refractivity contribution in [3.8, 4) is 0 Å². The highest BCUT2D eigenvalue weighted by molar-refractivity contribution is 5.85. The molecule has 0 saturated carbocycles. The van der Waals surface area contributed by atoms with Crippen molar-refractivity contribution in [3.63, 3.8) is 0 Å². The van der Waals surface area contributed by atoms with E-state index in [4.69, 9.17) is 5.73 Å². The Balaban J connectivity index is 2.16. The van der Waals surface area contributed by atoms with Gasteiger partial charge in [0.15, 0.2) is 0 Å². The molecular weight excluding hydrogens is 208 g/mol. The van der Waals surface area contributed by atoms with E-state index in [1.54, 1.807) is 0 Å². The fourth-order valence-electron chi connectivity index (χ4n) is 1.69. The molecule has 0 spiro atoms. The minimum Gasteiger partial charge on any atom is -0.387 e. The van der Waals surface area contributed by atoms with Crippen molar-refractivity contribution in [2.45, 2.75) is 13.3 Å². The van der Waals surface area contributed by atoms with Gasteiger partial charge in [0.25, 0.3) is 0 Å². The normalized spacial score (nSPS) is 11.5. The fourth-order valence-corrected chi connectivity index (χ4v) is 1.69. The summed E-state index contributed by atoms with van der Waals surface area (Å²) in [5, 5.41) is 0. The molecule has 2 N–H and O–H groups in total. The third-order valence-corrected chi connectivity index (χ3v) is 2.61. The Labute approximate surface area is 102 Å². The Morgan fingerprint density at radius 3 is 2.35 bits per heavy atom. The minimum absolute atomic E-state index is 0.644. The first-order valence-corrected chi connectivity index (χ1v) is 5.68. The van der Waals surface area contributed by atoms with Gasteiger partial charge in [-0.15, -0.1) is 0 Å². The lowest BCUT2D eigenvalue weighted by Gasteiger charge is -2.03. The van der Waals surface area contributed by atoms with Gasteiger partial charge in [0, 0.05) is 6.42 Å². The van der Waals surface area contributed by atoms with E-state index in [2.05, 4.69) is 17.1 Å². The zero-order chi connectivity index (χ0) is 12.1. The van der Waals surface area contributed by atoms with E-state index < -0.39 is 0 Å². The van der Waals surface area contributed by atoms with Crippen LogP contribution in [0.1, 0.15) is 11.1 Å². The van der Waals surface area contributed by atoms with Crippen LogP contribution in [-0.2, 0) is 6.42 Å². The lowest BCUT2D eigenvalue weighted by molar-refractivity contribution is 1.26. The zero-order valence-electron chi connectivity index (χ0n) is 9.93. The molecule has 2 heteroatoms. The molecule has 0 bridgehead atoms. The van der Waals surface area contributed by atoms with Crippen LogP contribution in [0.3, 0.4) is 0 Å². The van der Waals surface area contributed by atoms with Crippen LogP contribution in [0.15, 0.2) is 59.6 Å². The topological polar surface area (TPSA) is 38.4 Å². The van der Waals surface area contributed by atoms with Gasteiger partial charge in [-0.2, -0.15) is 0 Å². The number of amidine groups is 1. The van der Waals surface area contributed by atoms with E-state index in [0.717, 1.165) is 11.3 Å². The molecule has 0 aliphatic carbocycles. The van der Waals surface area contributed by atoms with E-state index in [1.807, 2.05) is 49.4 Å². The van der Waals surface area contributed by atoms with Gasteiger partial charge >= 0.3 is 0 Å². The van der Waals surface area contributed by atoms with Crippen molar-refractivity contribution in [3.05, 3.63) is 65.7 Å². The molecule has 2 nitrogen and oxygen atoms in total. The van der Waals surface area contributed by atoms with Gasteiger partial charge < -0.3 is 5.73 Å². The van der Waals surface area contributed by atoms with Crippen molar-refractivity contribution in [2.24, 2.45) is 10.7 Å². The maximum atomic E-state index is 5.96. The smallest absolute Gasteiger partial charge is 0.104 e. The van der Waals surface area contributed by atoms with Crippen LogP contribution in [0.25, 0.3) is 0 Å². The maximum absolute atomic E-state index is 5.96. The quantitative estimate of drug-likeness (QED) is 0.631. The van der Waals surface area contributed by atoms with Crippen molar-refractivity contribution in [1.29, 1.82) is 0 Å². The van der Waals surface area contributed by atoms with E-state index in [-0.39, 0.29) is 0 Å². The second kappa shape index (κ2) is 5.30. The van der Waals surface area contributed by atoms with E-state index in [0.29, 0.717) is 12.3 Å². The molecule has 0 atom stereocenters. The lowest BCUT2D eigenvalue weighted by atomic mass is 10.1. The number of nitrogens with zero attached hydrogens (tertiary/aromatic N) is 1. The number of aryl methyl sites for hydroxylation is 1. The highest BCUT2D eigenvalue weighted by atomic mass is 14.9. The number of hydrogen-bond donors (Lipinski definition) is 1. The molecule has 0 aliphatic rings. The molecule has 0 heterocycles. The Bertz CT molecular complexity index is 515. The number of para-hydroxylation sites is 1. The number of benzene rings is 2. The molecule has 0 aromatic heterocycles. The van der Waals surface area contributed by atoms with Gasteiger partial charge in [-0.1, -0.05) is 48.5 Å². The fraction of sp³-hybridized carbons (Fsp3) is 0.133. The first kappa shape index (κ1) is 11.4. The summed E-state index contributed by atoms with van der Waals surface area (Å²) in [5.41, 5.74) is 9.23. The summed E-state index contributed by atoms with van der Waals surface area (Å²) in [6.07, 6.45) is 0.690. The Hall–Kier alpha value is -2.09. The Morgan fingerprint density at radius 1 is 1.00 bits per heavy atom. The summed E-state index contributed by atoms with van der Waals surface area (Å²) in [5.74, 6) is 0.644. The average molecular weight is 224 g/mol. The van der Waals surface area contributed by atoms with Crippen LogP contribution in [0.2, 0.25) is 0 Å². The monoisotopic (exact) mass is 224 g/mol. The summed E-state index contributed by atoms with van der Waals surface area (Å²) in [7, 11) is 0. The number of hydrogen-bond acceptors (Lipinski definition) is 1. The molecule has 0 unspecified atom stereocenters. The summed E-state index contributed by atoms with van der Waals surface area (Å²) in [6, 6.07) is 18.1. The number of rotatable bonds is 3. The SMILES string of the molecule is Cc1ccccc1N=C(N)Cc1ccccc1. The molecule has 0 fully saturated rings. The molecule has 0 amide bonds. The highest BCUT2D eigenvalue weighted by Crippen LogP contribution is 2.17. The molecule has 17 heavy (non-hydrogen) atoms. The van der Waals surface area contributed by atoms with E-state index in [1.165, 1.54) is 5.56 Å². The average Bonchev–Trinajstić information content (AvgIpc) is 2.33. The van der Waals surface area contributed by atoms with Gasteiger partial charge in [0.05, 0.1) is 5.69 Å². The molecule has 86 valence electrons. The predicted octanol–water partition coefficient (Wildman–Crippen LogP) is 3.23. The van der Waals surface area contributed by atoms with E-state index in [9.17, 15) is 0 Å². The lowest BCUT2D eigenvalue weighted by Crippen LogP contribution is -2.14. The van der Waals surface area contributed by atoms with Crippen LogP contribution in [0.4, 0.5) is 5.69 Å². The summed E-state index contributed by atoms with van der Waals surface area (Å²) < 4.78 is 0. The summed E-state index contributed by atoms with van der Waals surface area (Å²) >= 11 is 0. The predicted molar refractivity (Wildman–Crippen MR) is 72.6 cm³/mol. The van der Waals surface area contributed by atoms with E-state index >= 15 is 0 Å². The number of nitrogens with two attached hydrogens (primary N) is 1. The summed E-state index contributed by atoms with van der Waals surface area (Å²) in [4.78, 5) is 4.45. The van der Waals surface area contributed by atoms with Gasteiger partial charge in [0.1, 0.15) is 5.84 Å². The third kappa shape index (κ3) is 3.18. The minimum atomic E-state index is 0.644. The molecule has 0 radical (unpaired) electrons. The van der Waals surface area contributed by atoms with Crippen molar-refractivity contribution < 1.29 is 0 Å². The second-order valence-corrected chi connectivity index (χ2v) is 4.05. The second-order valence-electron chi connectivity index (χ2n) is 4.05. The van der Waals surface area contributed by atoms with Gasteiger partial charge in [0.2, 0.25) is 0 Å². The molecule has 0 saturated heterocycles. The van der Waals surface area contributed by atoms with Crippen LogP contribution in [-0.4, -0.2) is 5.84 Å². The highest BCUT2D eigenvalue weighted by Gasteiger charge is 1.98. The zero-order valence-corrected chi connectivity index (χ0v) is 9.93. The molecular formula is C15H16N2. The number of aliphatic imine (C=N–C) groups is 1. The molecule has 2 aromatic rings. The van der Waals surface area contributed by atoms with Crippen molar-refractivity contribution in [1.82, 2.24) is 0 Å². The Morgan fingerprint density at radius 2 is 1.65 bits per heavy atom. The van der Waals surface area contributed by atoms with Gasteiger partial charge in [-0.25, -0.2) is 4.99 Å². The van der Waals surface area contributed by atoms with Crippen LogP contribution < -0.4 is 5.73 Å². The first-order chi connectivity index (χ1) is 8.25. The maximum Gasteiger partial charge on any atom is 0.104 e. The van der Waals surface area contributed by atoms with Crippen LogP contribution in [0.5, 0.6) is 0 Å². The molecule has 2 rings (SSSR count). The third-order valence-electron chi connectivity index (χ3n) is 2.61. The largest absolute Gasteiger partial charge is 0.387 e. The standard InChI is InChI=1S/C15H16N2/c1-12-7-5-6-10-14(12)17-15(16)11-13-8-3-2-4-9-13/h2-10H,11H2,1H3,(H2,16,17). The Kier molecular flexibility index (Phi) is 3.55. The van der Waals surface area contributed by atoms with Gasteiger partial charge in [-0.05, 0) is 24.1 Å². The van der Waals surface area contributed by atoms with Crippen molar-refractivity contribution in [2.75, 3.05) is 0 Å². The van der Waals surface area contributed by atoms with Gasteiger partial charge in [-0.3, -0.25) is 0 Å². The first-order valence-electron chi connectivity index (χ1n) is 5.68.